The molecule has 1 aromatic rings. The van der Waals surface area contributed by atoms with Crippen molar-refractivity contribution in [2.45, 2.75) is 56.7 Å². The van der Waals surface area contributed by atoms with E-state index in [9.17, 15) is 8.78 Å². The molecular formula is C16H23F2NS. The number of thioether (sulfide) groups is 1. The second kappa shape index (κ2) is 6.33. The van der Waals surface area contributed by atoms with Gasteiger partial charge in [0.2, 0.25) is 0 Å². The summed E-state index contributed by atoms with van der Waals surface area (Å²) >= 11 is 0.619. The van der Waals surface area contributed by atoms with E-state index < -0.39 is 5.76 Å². The smallest absolute Gasteiger partial charge is 0.288 e. The molecule has 1 fully saturated rings. The van der Waals surface area contributed by atoms with Crippen molar-refractivity contribution < 1.29 is 8.78 Å². The molecule has 1 saturated carbocycles. The molecule has 1 nitrogen and oxygen atoms in total. The fourth-order valence-electron chi connectivity index (χ4n) is 3.15. The molecule has 2 rings (SSSR count). The number of rotatable bonds is 4. The van der Waals surface area contributed by atoms with Crippen LogP contribution in [0.25, 0.3) is 0 Å². The Kier molecular flexibility index (Phi) is 4.95. The Labute approximate surface area is 124 Å². The molecule has 4 heteroatoms. The molecule has 0 spiro atoms. The van der Waals surface area contributed by atoms with Gasteiger partial charge in [0, 0.05) is 16.6 Å². The number of nitrogens with one attached hydrogen (secondary N) is 1. The van der Waals surface area contributed by atoms with Gasteiger partial charge in [-0.15, -0.1) is 0 Å². The van der Waals surface area contributed by atoms with Gasteiger partial charge in [0.1, 0.15) is 0 Å². The fraction of sp³-hybridized carbons (Fsp3) is 0.625. The summed E-state index contributed by atoms with van der Waals surface area (Å²) < 4.78 is 25.2. The van der Waals surface area contributed by atoms with Gasteiger partial charge in [0.25, 0.3) is 5.76 Å². The summed E-state index contributed by atoms with van der Waals surface area (Å²) in [5.74, 6) is -1.82. The van der Waals surface area contributed by atoms with Crippen molar-refractivity contribution in [2.75, 3.05) is 5.32 Å². The van der Waals surface area contributed by atoms with Gasteiger partial charge in [0.15, 0.2) is 0 Å². The second-order valence-corrected chi connectivity index (χ2v) is 7.54. The Morgan fingerprint density at radius 3 is 2.65 bits per heavy atom. The lowest BCUT2D eigenvalue weighted by Gasteiger charge is -2.40. The highest BCUT2D eigenvalue weighted by Gasteiger charge is 2.32. The molecule has 0 aromatic heterocycles. The Hall–Kier alpha value is -0.770. The molecule has 1 aliphatic rings. The average molecular weight is 299 g/mol. The molecular weight excluding hydrogens is 276 g/mol. The Bertz CT molecular complexity index is 448. The second-order valence-electron chi connectivity index (χ2n) is 6.51. The van der Waals surface area contributed by atoms with Crippen molar-refractivity contribution in [1.29, 1.82) is 0 Å². The van der Waals surface area contributed by atoms with Crippen LogP contribution in [0.2, 0.25) is 0 Å². The van der Waals surface area contributed by atoms with Gasteiger partial charge < -0.3 is 5.32 Å². The van der Waals surface area contributed by atoms with Crippen LogP contribution in [-0.2, 0) is 0 Å². The molecule has 1 N–H and O–H groups in total. The number of hydrogen-bond acceptors (Lipinski definition) is 2. The van der Waals surface area contributed by atoms with E-state index in [4.69, 9.17) is 0 Å². The highest BCUT2D eigenvalue weighted by atomic mass is 32.2. The predicted molar refractivity (Wildman–Crippen MR) is 82.5 cm³/mol. The third kappa shape index (κ3) is 4.11. The maximum atomic E-state index is 12.6. The first-order valence-corrected chi connectivity index (χ1v) is 8.06. The van der Waals surface area contributed by atoms with Crippen LogP contribution in [0.4, 0.5) is 14.5 Å². The molecule has 1 aliphatic carbocycles. The van der Waals surface area contributed by atoms with Crippen LogP contribution in [0.5, 0.6) is 0 Å². The first-order valence-electron chi connectivity index (χ1n) is 7.18. The first-order chi connectivity index (χ1) is 9.37. The number of para-hydroxylation sites is 1. The minimum Gasteiger partial charge on any atom is -0.381 e. The Morgan fingerprint density at radius 1 is 1.30 bits per heavy atom. The van der Waals surface area contributed by atoms with Gasteiger partial charge in [-0.1, -0.05) is 44.7 Å². The van der Waals surface area contributed by atoms with Crippen molar-refractivity contribution in [3.63, 3.8) is 0 Å². The zero-order valence-electron chi connectivity index (χ0n) is 12.3. The van der Waals surface area contributed by atoms with Crippen LogP contribution < -0.4 is 5.32 Å². The van der Waals surface area contributed by atoms with Crippen molar-refractivity contribution in [3.05, 3.63) is 24.3 Å². The van der Waals surface area contributed by atoms with Crippen molar-refractivity contribution in [2.24, 2.45) is 11.3 Å². The highest BCUT2D eigenvalue weighted by molar-refractivity contribution is 7.99. The molecule has 2 unspecified atom stereocenters. The van der Waals surface area contributed by atoms with E-state index in [0.717, 1.165) is 12.1 Å². The number of alkyl halides is 2. The van der Waals surface area contributed by atoms with Crippen LogP contribution in [0.3, 0.4) is 0 Å². The lowest BCUT2D eigenvalue weighted by atomic mass is 9.70. The van der Waals surface area contributed by atoms with Crippen molar-refractivity contribution in [3.8, 4) is 0 Å². The van der Waals surface area contributed by atoms with Crippen LogP contribution in [0.1, 0.15) is 40.0 Å². The van der Waals surface area contributed by atoms with Gasteiger partial charge in [0.05, 0.1) is 0 Å². The number of halogens is 2. The molecule has 112 valence electrons. The molecule has 20 heavy (non-hydrogen) atoms. The Balaban J connectivity index is 2.07. The third-order valence-electron chi connectivity index (χ3n) is 4.14. The maximum Gasteiger partial charge on any atom is 0.288 e. The summed E-state index contributed by atoms with van der Waals surface area (Å²) in [5.41, 5.74) is 1.24. The van der Waals surface area contributed by atoms with E-state index >= 15 is 0 Å². The molecule has 1 aromatic carbocycles. The van der Waals surface area contributed by atoms with Crippen LogP contribution in [-0.4, -0.2) is 11.8 Å². The van der Waals surface area contributed by atoms with E-state index in [1.54, 1.807) is 6.07 Å². The summed E-state index contributed by atoms with van der Waals surface area (Å²) in [6, 6.07) is 7.74. The van der Waals surface area contributed by atoms with Crippen molar-refractivity contribution >= 4 is 17.4 Å². The van der Waals surface area contributed by atoms with E-state index in [2.05, 4.69) is 26.1 Å². The molecule has 0 radical (unpaired) electrons. The normalized spacial score (nSPS) is 25.7. The summed E-state index contributed by atoms with van der Waals surface area (Å²) in [7, 11) is 0. The van der Waals surface area contributed by atoms with E-state index in [0.29, 0.717) is 34.0 Å². The lowest BCUT2D eigenvalue weighted by Crippen LogP contribution is -2.37. The molecule has 0 amide bonds. The van der Waals surface area contributed by atoms with Crippen LogP contribution in [0.15, 0.2) is 29.2 Å². The predicted octanol–water partition coefficient (Wildman–Crippen LogP) is 5.63. The molecule has 0 bridgehead atoms. The quantitative estimate of drug-likeness (QED) is 0.723. The topological polar surface area (TPSA) is 12.0 Å². The monoisotopic (exact) mass is 299 g/mol. The number of hydrogen-bond donors (Lipinski definition) is 1. The molecule has 0 heterocycles. The zero-order chi connectivity index (χ0) is 14.8. The van der Waals surface area contributed by atoms with Gasteiger partial charge in [-0.05, 0) is 42.7 Å². The van der Waals surface area contributed by atoms with Gasteiger partial charge in [-0.2, -0.15) is 8.78 Å². The summed E-state index contributed by atoms with van der Waals surface area (Å²) in [5, 5.41) is 3.49. The van der Waals surface area contributed by atoms with Gasteiger partial charge in [-0.25, -0.2) is 0 Å². The van der Waals surface area contributed by atoms with Crippen LogP contribution >= 0.6 is 11.8 Å². The molecule has 2 atom stereocenters. The van der Waals surface area contributed by atoms with E-state index in [-0.39, 0.29) is 0 Å². The van der Waals surface area contributed by atoms with E-state index in [1.807, 2.05) is 18.2 Å². The van der Waals surface area contributed by atoms with Crippen LogP contribution in [0, 0.1) is 11.3 Å². The van der Waals surface area contributed by atoms with Crippen molar-refractivity contribution in [1.82, 2.24) is 0 Å². The Morgan fingerprint density at radius 2 is 2.00 bits per heavy atom. The standard InChI is InChI=1S/C16H23F2NS/c1-11-10-16(2,3)9-8-12(11)19-13-6-4-5-7-14(13)20-15(17)18/h4-7,11-12,15,19H,8-10H2,1-3H3. The number of benzene rings is 1. The molecule has 0 saturated heterocycles. The average Bonchev–Trinajstić information content (AvgIpc) is 2.33. The number of anilines is 1. The van der Waals surface area contributed by atoms with Gasteiger partial charge in [-0.3, -0.25) is 0 Å². The lowest BCUT2D eigenvalue weighted by molar-refractivity contribution is 0.177. The SMILES string of the molecule is CC1CC(C)(C)CCC1Nc1ccccc1SC(F)F. The summed E-state index contributed by atoms with van der Waals surface area (Å²) in [6.45, 7) is 6.86. The first kappa shape index (κ1) is 15.6. The minimum atomic E-state index is -2.37. The molecule has 0 aliphatic heterocycles. The summed E-state index contributed by atoms with van der Waals surface area (Å²) in [6.07, 6.45) is 3.45. The minimum absolute atomic E-state index is 0.377. The maximum absolute atomic E-state index is 12.6. The van der Waals surface area contributed by atoms with Gasteiger partial charge >= 0.3 is 0 Å². The summed E-state index contributed by atoms with van der Waals surface area (Å²) in [4.78, 5) is 0.638. The third-order valence-corrected chi connectivity index (χ3v) is 4.93. The highest BCUT2D eigenvalue weighted by Crippen LogP contribution is 2.40. The zero-order valence-corrected chi connectivity index (χ0v) is 13.1. The fourth-order valence-corrected chi connectivity index (χ4v) is 3.75. The largest absolute Gasteiger partial charge is 0.381 e. The van der Waals surface area contributed by atoms with E-state index in [1.165, 1.54) is 12.8 Å².